The van der Waals surface area contributed by atoms with Gasteiger partial charge in [-0.15, -0.1) is 0 Å². The Balaban J connectivity index is 1.63. The molecule has 0 unspecified atom stereocenters. The maximum atomic E-state index is 11.8. The molecular weight excluding hydrogens is 352 g/mol. The fraction of sp³-hybridized carbons (Fsp3) is 0.300. The molecule has 0 aliphatic rings. The van der Waals surface area contributed by atoms with Crippen molar-refractivity contribution in [2.75, 3.05) is 20.2 Å². The van der Waals surface area contributed by atoms with Gasteiger partial charge in [-0.1, -0.05) is 35.9 Å². The van der Waals surface area contributed by atoms with Crippen molar-refractivity contribution in [2.24, 2.45) is 0 Å². The van der Waals surface area contributed by atoms with E-state index < -0.39 is 0 Å². The number of nitrogens with one attached hydrogen (secondary N) is 2. The summed E-state index contributed by atoms with van der Waals surface area (Å²) >= 11 is 5.92. The molecule has 138 valence electrons. The maximum Gasteiger partial charge on any atom is 0.229 e. The molecule has 26 heavy (non-hydrogen) atoms. The Labute approximate surface area is 158 Å². The first kappa shape index (κ1) is 19.8. The van der Waals surface area contributed by atoms with E-state index in [1.807, 2.05) is 42.5 Å². The third-order valence-corrected chi connectivity index (χ3v) is 4.05. The van der Waals surface area contributed by atoms with Gasteiger partial charge in [-0.25, -0.2) is 0 Å². The lowest BCUT2D eigenvalue weighted by atomic mass is 10.1. The van der Waals surface area contributed by atoms with Crippen molar-refractivity contribution >= 4 is 23.4 Å². The van der Waals surface area contributed by atoms with Crippen molar-refractivity contribution < 1.29 is 14.3 Å². The van der Waals surface area contributed by atoms with Gasteiger partial charge in [-0.3, -0.25) is 9.59 Å². The first-order chi connectivity index (χ1) is 12.6. The number of carbonyl (C=O) groups is 2. The number of benzene rings is 2. The van der Waals surface area contributed by atoms with Crippen molar-refractivity contribution in [3.05, 3.63) is 64.7 Å². The molecule has 0 radical (unpaired) electrons. The lowest BCUT2D eigenvalue weighted by Gasteiger charge is -2.08. The average Bonchev–Trinajstić information content (AvgIpc) is 2.62. The van der Waals surface area contributed by atoms with Crippen LogP contribution in [0.15, 0.2) is 48.5 Å². The quantitative estimate of drug-likeness (QED) is 0.663. The van der Waals surface area contributed by atoms with Crippen LogP contribution in [0, 0.1) is 0 Å². The fourth-order valence-corrected chi connectivity index (χ4v) is 2.70. The minimum absolute atomic E-state index is 0.173. The normalized spacial score (nSPS) is 10.2. The summed E-state index contributed by atoms with van der Waals surface area (Å²) in [4.78, 5) is 23.6. The number of hydrogen-bond donors (Lipinski definition) is 2. The number of hydrogen-bond acceptors (Lipinski definition) is 3. The Morgan fingerprint density at radius 3 is 2.08 bits per heavy atom. The molecule has 0 fully saturated rings. The molecule has 0 aliphatic carbocycles. The van der Waals surface area contributed by atoms with Gasteiger partial charge in [-0.2, -0.15) is 0 Å². The van der Waals surface area contributed by atoms with Gasteiger partial charge in [0.05, 0.1) is 7.11 Å². The van der Waals surface area contributed by atoms with Gasteiger partial charge >= 0.3 is 0 Å². The van der Waals surface area contributed by atoms with E-state index in [-0.39, 0.29) is 18.2 Å². The molecule has 0 aliphatic heterocycles. The summed E-state index contributed by atoms with van der Waals surface area (Å²) in [5, 5.41) is 6.17. The fourth-order valence-electron chi connectivity index (χ4n) is 2.48. The van der Waals surface area contributed by atoms with Crippen LogP contribution in [0.2, 0.25) is 5.02 Å². The van der Waals surface area contributed by atoms with Crippen molar-refractivity contribution in [1.29, 1.82) is 0 Å². The highest BCUT2D eigenvalue weighted by Crippen LogP contribution is 2.12. The molecule has 2 rings (SSSR count). The zero-order chi connectivity index (χ0) is 18.8. The van der Waals surface area contributed by atoms with Crippen LogP contribution in [0.25, 0.3) is 0 Å². The summed E-state index contributed by atoms with van der Waals surface area (Å²) < 4.78 is 5.16. The van der Waals surface area contributed by atoms with Crippen LogP contribution in [0.3, 0.4) is 0 Å². The number of ether oxygens (including phenoxy) is 1. The topological polar surface area (TPSA) is 67.4 Å². The Kier molecular flexibility index (Phi) is 7.96. The Bertz CT molecular complexity index is 749. The molecule has 0 spiro atoms. The molecule has 2 N–H and O–H groups in total. The molecule has 0 heterocycles. The first-order valence-corrected chi connectivity index (χ1v) is 8.85. The largest absolute Gasteiger partial charge is 0.497 e. The third-order valence-electron chi connectivity index (χ3n) is 3.82. The van der Waals surface area contributed by atoms with Crippen LogP contribution in [-0.2, 0) is 22.4 Å². The van der Waals surface area contributed by atoms with Crippen LogP contribution in [0.5, 0.6) is 5.75 Å². The van der Waals surface area contributed by atoms with Gasteiger partial charge in [0.25, 0.3) is 0 Å². The van der Waals surface area contributed by atoms with Crippen LogP contribution in [0.1, 0.15) is 17.5 Å². The van der Waals surface area contributed by atoms with Crippen LogP contribution in [-0.4, -0.2) is 32.0 Å². The smallest absolute Gasteiger partial charge is 0.229 e. The highest BCUT2D eigenvalue weighted by atomic mass is 35.5. The second-order valence-electron chi connectivity index (χ2n) is 5.86. The van der Waals surface area contributed by atoms with E-state index in [0.717, 1.165) is 16.9 Å². The first-order valence-electron chi connectivity index (χ1n) is 8.47. The number of halogens is 1. The molecule has 2 aromatic rings. The Hall–Kier alpha value is -2.53. The van der Waals surface area contributed by atoms with Crippen molar-refractivity contribution in [1.82, 2.24) is 10.6 Å². The van der Waals surface area contributed by atoms with E-state index in [4.69, 9.17) is 16.3 Å². The predicted molar refractivity (Wildman–Crippen MR) is 102 cm³/mol. The predicted octanol–water partition coefficient (Wildman–Crippen LogP) is 2.76. The minimum atomic E-state index is -0.286. The molecule has 0 bridgehead atoms. The van der Waals surface area contributed by atoms with Gasteiger partial charge in [0.1, 0.15) is 12.2 Å². The van der Waals surface area contributed by atoms with Crippen molar-refractivity contribution in [3.63, 3.8) is 0 Å². The molecule has 0 atom stereocenters. The number of amides is 2. The molecule has 2 aromatic carbocycles. The molecule has 2 amide bonds. The van der Waals surface area contributed by atoms with Crippen molar-refractivity contribution in [2.45, 2.75) is 19.3 Å². The molecule has 6 heteroatoms. The van der Waals surface area contributed by atoms with Crippen LogP contribution >= 0.6 is 11.6 Å². The molecular formula is C20H23ClN2O3. The van der Waals surface area contributed by atoms with Gasteiger partial charge in [0, 0.05) is 18.1 Å². The summed E-state index contributed by atoms with van der Waals surface area (Å²) in [6.45, 7) is 0.943. The second-order valence-corrected chi connectivity index (χ2v) is 6.29. The standard InChI is InChI=1S/C20H23ClN2O3/c1-26-18-7-3-5-16(13-18)9-11-23-20(25)14-19(24)22-10-8-15-4-2-6-17(21)12-15/h2-7,12-13H,8-11,14H2,1H3,(H,22,24)(H,23,25). The molecule has 5 nitrogen and oxygen atoms in total. The molecule has 0 aromatic heterocycles. The SMILES string of the molecule is COc1cccc(CCNC(=O)CC(=O)NCCc2cccc(Cl)c2)c1. The lowest BCUT2D eigenvalue weighted by Crippen LogP contribution is -2.33. The van der Waals surface area contributed by atoms with Crippen LogP contribution < -0.4 is 15.4 Å². The lowest BCUT2D eigenvalue weighted by molar-refractivity contribution is -0.129. The maximum absolute atomic E-state index is 11.8. The van der Waals surface area contributed by atoms with E-state index >= 15 is 0 Å². The van der Waals surface area contributed by atoms with E-state index in [0.29, 0.717) is 31.0 Å². The van der Waals surface area contributed by atoms with E-state index in [1.54, 1.807) is 13.2 Å². The van der Waals surface area contributed by atoms with Gasteiger partial charge in [0.2, 0.25) is 11.8 Å². The van der Waals surface area contributed by atoms with E-state index in [2.05, 4.69) is 10.6 Å². The Morgan fingerprint density at radius 1 is 0.923 bits per heavy atom. The van der Waals surface area contributed by atoms with Crippen LogP contribution in [0.4, 0.5) is 0 Å². The summed E-state index contributed by atoms with van der Waals surface area (Å²) in [5.74, 6) is 0.215. The summed E-state index contributed by atoms with van der Waals surface area (Å²) in [7, 11) is 1.62. The molecule has 0 saturated heterocycles. The van der Waals surface area contributed by atoms with Crippen molar-refractivity contribution in [3.8, 4) is 5.75 Å². The second kappa shape index (κ2) is 10.5. The molecule has 0 saturated carbocycles. The summed E-state index contributed by atoms with van der Waals surface area (Å²) in [6, 6.07) is 15.2. The number of carbonyl (C=O) groups excluding carboxylic acids is 2. The monoisotopic (exact) mass is 374 g/mol. The van der Waals surface area contributed by atoms with E-state index in [9.17, 15) is 9.59 Å². The van der Waals surface area contributed by atoms with Gasteiger partial charge in [-0.05, 0) is 48.2 Å². The average molecular weight is 375 g/mol. The summed E-state index contributed by atoms with van der Waals surface area (Å²) in [5.41, 5.74) is 2.11. The minimum Gasteiger partial charge on any atom is -0.497 e. The van der Waals surface area contributed by atoms with E-state index in [1.165, 1.54) is 0 Å². The Morgan fingerprint density at radius 2 is 1.50 bits per heavy atom. The zero-order valence-electron chi connectivity index (χ0n) is 14.8. The van der Waals surface area contributed by atoms with Gasteiger partial charge < -0.3 is 15.4 Å². The zero-order valence-corrected chi connectivity index (χ0v) is 15.5. The number of rotatable bonds is 9. The number of methoxy groups -OCH3 is 1. The third kappa shape index (κ3) is 7.15. The summed E-state index contributed by atoms with van der Waals surface area (Å²) in [6.07, 6.45) is 1.18. The highest BCUT2D eigenvalue weighted by molar-refractivity contribution is 6.30. The van der Waals surface area contributed by atoms with Gasteiger partial charge in [0.15, 0.2) is 0 Å². The highest BCUT2D eigenvalue weighted by Gasteiger charge is 2.08.